The topological polar surface area (TPSA) is 119 Å². The molecule has 4 rings (SSSR count). The normalized spacial score (nSPS) is 15.5. The standard InChI is InChI=1S/C28H33N5O3S/c1-18-11-19(12-27(34)33-20(14-29)15-32-28(2,3)4)5-8-25(18)36-26-9-10-31-24-7-6-21(13-23(24)26)37(35)22-16-30-17-22/h5-11,13-15,22,30H,12,16-17,29H2,1-4H3,(H,33,34)/b20-14+,32-15?. The first-order valence-corrected chi connectivity index (χ1v) is 13.4. The van der Waals surface area contributed by atoms with Crippen molar-refractivity contribution in [2.45, 2.75) is 49.8 Å². The number of amides is 1. The predicted octanol–water partition coefficient (Wildman–Crippen LogP) is 3.74. The molecular formula is C28H33N5O3S. The van der Waals surface area contributed by atoms with E-state index >= 15 is 0 Å². The molecule has 0 saturated carbocycles. The molecule has 1 aliphatic rings. The maximum atomic E-state index is 12.8. The molecule has 8 nitrogen and oxygen atoms in total. The Labute approximate surface area is 219 Å². The van der Waals surface area contributed by atoms with Crippen LogP contribution in [0.2, 0.25) is 0 Å². The van der Waals surface area contributed by atoms with Crippen molar-refractivity contribution in [3.05, 3.63) is 71.7 Å². The summed E-state index contributed by atoms with van der Waals surface area (Å²) in [5.41, 5.74) is 8.34. The molecule has 1 amide bonds. The fraction of sp³-hybridized carbons (Fsp3) is 0.321. The maximum absolute atomic E-state index is 12.8. The second-order valence-electron chi connectivity index (χ2n) is 10.0. The summed E-state index contributed by atoms with van der Waals surface area (Å²) in [6, 6.07) is 13.1. The largest absolute Gasteiger partial charge is 0.456 e. The molecule has 1 unspecified atom stereocenters. The molecule has 0 aliphatic carbocycles. The average Bonchev–Trinajstić information content (AvgIpc) is 2.81. The highest BCUT2D eigenvalue weighted by atomic mass is 32.2. The maximum Gasteiger partial charge on any atom is 0.228 e. The molecule has 0 spiro atoms. The Kier molecular flexibility index (Phi) is 8.04. The van der Waals surface area contributed by atoms with Crippen molar-refractivity contribution in [3.63, 3.8) is 0 Å². The minimum Gasteiger partial charge on any atom is -0.456 e. The number of nitrogens with two attached hydrogens (primary N) is 1. The monoisotopic (exact) mass is 519 g/mol. The third kappa shape index (κ3) is 6.81. The van der Waals surface area contributed by atoms with Gasteiger partial charge in [0.05, 0.1) is 39.2 Å². The molecule has 2 aromatic carbocycles. The van der Waals surface area contributed by atoms with E-state index in [0.29, 0.717) is 17.2 Å². The van der Waals surface area contributed by atoms with E-state index in [0.717, 1.165) is 40.0 Å². The van der Waals surface area contributed by atoms with Gasteiger partial charge in [0.2, 0.25) is 5.91 Å². The molecule has 2 heterocycles. The van der Waals surface area contributed by atoms with Gasteiger partial charge in [-0.2, -0.15) is 0 Å². The lowest BCUT2D eigenvalue weighted by Gasteiger charge is -2.26. The van der Waals surface area contributed by atoms with Gasteiger partial charge < -0.3 is 21.1 Å². The van der Waals surface area contributed by atoms with Gasteiger partial charge in [-0.05, 0) is 69.2 Å². The summed E-state index contributed by atoms with van der Waals surface area (Å²) in [5.74, 6) is 1.12. The van der Waals surface area contributed by atoms with E-state index in [2.05, 4.69) is 20.6 Å². The first-order valence-electron chi connectivity index (χ1n) is 12.2. The first-order chi connectivity index (χ1) is 17.6. The quantitative estimate of drug-likeness (QED) is 0.390. The molecule has 1 aromatic heterocycles. The summed E-state index contributed by atoms with van der Waals surface area (Å²) >= 11 is 0. The van der Waals surface area contributed by atoms with Crippen molar-refractivity contribution < 1.29 is 13.7 Å². The van der Waals surface area contributed by atoms with Crippen LogP contribution in [-0.4, -0.2) is 45.2 Å². The fourth-order valence-corrected chi connectivity index (χ4v) is 5.10. The lowest BCUT2D eigenvalue weighted by molar-refractivity contribution is -0.119. The van der Waals surface area contributed by atoms with E-state index in [4.69, 9.17) is 10.5 Å². The van der Waals surface area contributed by atoms with E-state index < -0.39 is 10.8 Å². The molecule has 1 atom stereocenters. The number of benzene rings is 2. The highest BCUT2D eigenvalue weighted by molar-refractivity contribution is 7.85. The Morgan fingerprint density at radius 2 is 2.00 bits per heavy atom. The summed E-state index contributed by atoms with van der Waals surface area (Å²) in [6.07, 6.45) is 4.79. The number of aromatic nitrogens is 1. The van der Waals surface area contributed by atoms with Gasteiger partial charge in [-0.25, -0.2) is 0 Å². The van der Waals surface area contributed by atoms with Crippen LogP contribution < -0.4 is 21.1 Å². The number of rotatable bonds is 8. The molecule has 4 N–H and O–H groups in total. The van der Waals surface area contributed by atoms with Gasteiger partial charge in [-0.15, -0.1) is 0 Å². The summed E-state index contributed by atoms with van der Waals surface area (Å²) in [4.78, 5) is 22.1. The van der Waals surface area contributed by atoms with Crippen LogP contribution in [0.4, 0.5) is 0 Å². The van der Waals surface area contributed by atoms with Gasteiger partial charge in [0.25, 0.3) is 0 Å². The number of fused-ring (bicyclic) bond motifs is 1. The molecule has 3 aromatic rings. The predicted molar refractivity (Wildman–Crippen MR) is 148 cm³/mol. The van der Waals surface area contributed by atoms with Gasteiger partial charge in [-0.1, -0.05) is 12.1 Å². The number of aliphatic imine (C=N–C) groups is 1. The average molecular weight is 520 g/mol. The SMILES string of the molecule is Cc1cc(CC(=O)N/C(C=NC(C)(C)C)=C/N)ccc1Oc1ccnc2ccc(S(=O)C3CNC3)cc12. The Bertz CT molecular complexity index is 1390. The number of pyridine rings is 1. The van der Waals surface area contributed by atoms with Crippen molar-refractivity contribution in [2.75, 3.05) is 13.1 Å². The van der Waals surface area contributed by atoms with Crippen LogP contribution in [0.1, 0.15) is 31.9 Å². The van der Waals surface area contributed by atoms with E-state index in [9.17, 15) is 9.00 Å². The molecule has 0 bridgehead atoms. The number of hydrogen-bond acceptors (Lipinski definition) is 7. The van der Waals surface area contributed by atoms with Crippen LogP contribution in [0.15, 0.2) is 70.4 Å². The number of hydrogen-bond donors (Lipinski definition) is 3. The van der Waals surface area contributed by atoms with Gasteiger partial charge in [0.1, 0.15) is 11.5 Å². The van der Waals surface area contributed by atoms with Crippen molar-refractivity contribution in [1.29, 1.82) is 0 Å². The molecule has 0 radical (unpaired) electrons. The second-order valence-corrected chi connectivity index (χ2v) is 11.8. The van der Waals surface area contributed by atoms with Crippen LogP contribution in [0.25, 0.3) is 10.9 Å². The van der Waals surface area contributed by atoms with Gasteiger partial charge >= 0.3 is 0 Å². The van der Waals surface area contributed by atoms with Gasteiger partial charge in [0, 0.05) is 42.0 Å². The third-order valence-corrected chi connectivity index (χ3v) is 7.49. The third-order valence-electron chi connectivity index (χ3n) is 5.83. The number of nitrogens with one attached hydrogen (secondary N) is 2. The van der Waals surface area contributed by atoms with Crippen molar-refractivity contribution in [3.8, 4) is 11.5 Å². The highest BCUT2D eigenvalue weighted by Gasteiger charge is 2.25. The van der Waals surface area contributed by atoms with Gasteiger partial charge in [-0.3, -0.25) is 19.0 Å². The Morgan fingerprint density at radius 3 is 2.65 bits per heavy atom. The molecule has 1 saturated heterocycles. The lowest BCUT2D eigenvalue weighted by Crippen LogP contribution is -2.49. The summed E-state index contributed by atoms with van der Waals surface area (Å²) in [5, 5.41) is 6.90. The lowest BCUT2D eigenvalue weighted by atomic mass is 10.1. The Morgan fingerprint density at radius 1 is 1.22 bits per heavy atom. The van der Waals surface area contributed by atoms with Crippen molar-refractivity contribution >= 4 is 33.8 Å². The van der Waals surface area contributed by atoms with E-state index in [1.807, 2.05) is 64.1 Å². The first kappa shape index (κ1) is 26.5. The molecule has 194 valence electrons. The number of aryl methyl sites for hydroxylation is 1. The molecular weight excluding hydrogens is 486 g/mol. The van der Waals surface area contributed by atoms with Crippen LogP contribution >= 0.6 is 0 Å². The van der Waals surface area contributed by atoms with Crippen LogP contribution in [0, 0.1) is 6.92 Å². The number of carbonyl (C=O) groups excluding carboxylic acids is 1. The van der Waals surface area contributed by atoms with Crippen LogP contribution in [0.5, 0.6) is 11.5 Å². The molecule has 37 heavy (non-hydrogen) atoms. The number of nitrogens with zero attached hydrogens (tertiary/aromatic N) is 2. The zero-order chi connectivity index (χ0) is 26.6. The smallest absolute Gasteiger partial charge is 0.228 e. The summed E-state index contributed by atoms with van der Waals surface area (Å²) in [6.45, 7) is 9.36. The van der Waals surface area contributed by atoms with Crippen LogP contribution in [0.3, 0.4) is 0 Å². The summed E-state index contributed by atoms with van der Waals surface area (Å²) < 4.78 is 19.1. The van der Waals surface area contributed by atoms with E-state index in [1.54, 1.807) is 18.5 Å². The molecule has 1 fully saturated rings. The fourth-order valence-electron chi connectivity index (χ4n) is 3.75. The Balaban J connectivity index is 1.48. The second kappa shape index (κ2) is 11.2. The highest BCUT2D eigenvalue weighted by Crippen LogP contribution is 2.32. The number of carbonyl (C=O) groups is 1. The van der Waals surface area contributed by atoms with Crippen molar-refractivity contribution in [2.24, 2.45) is 10.7 Å². The molecule has 1 aliphatic heterocycles. The summed E-state index contributed by atoms with van der Waals surface area (Å²) in [7, 11) is -1.08. The van der Waals surface area contributed by atoms with Crippen LogP contribution in [-0.2, 0) is 22.0 Å². The van der Waals surface area contributed by atoms with E-state index in [1.165, 1.54) is 6.20 Å². The number of ether oxygens (including phenoxy) is 1. The minimum absolute atomic E-state index is 0.132. The molecule has 9 heteroatoms. The van der Waals surface area contributed by atoms with Gasteiger partial charge in [0.15, 0.2) is 0 Å². The van der Waals surface area contributed by atoms with E-state index in [-0.39, 0.29) is 23.1 Å². The van der Waals surface area contributed by atoms with Crippen molar-refractivity contribution in [1.82, 2.24) is 15.6 Å². The number of allylic oxidation sites excluding steroid dienone is 1. The zero-order valence-electron chi connectivity index (χ0n) is 21.6. The minimum atomic E-state index is -1.08. The Hall–Kier alpha value is -3.56. The zero-order valence-corrected chi connectivity index (χ0v) is 22.4.